The maximum absolute atomic E-state index is 11.5. The molecule has 1 aliphatic heterocycles. The molecule has 0 spiro atoms. The Balaban J connectivity index is 1.13. The third-order valence-corrected chi connectivity index (χ3v) is 9.07. The van der Waals surface area contributed by atoms with Gasteiger partial charge >= 0.3 is 0 Å². The predicted octanol–water partition coefficient (Wildman–Crippen LogP) is 5.15. The molecule has 4 aliphatic rings. The van der Waals surface area contributed by atoms with Crippen LogP contribution >= 0.6 is 0 Å². The number of nitrogens with zero attached hydrogens (tertiary/aromatic N) is 1. The van der Waals surface area contributed by atoms with Crippen molar-refractivity contribution < 1.29 is 24.4 Å². The van der Waals surface area contributed by atoms with Gasteiger partial charge in [0.2, 0.25) is 5.79 Å². The lowest BCUT2D eigenvalue weighted by atomic mass is 9.62. The van der Waals surface area contributed by atoms with Gasteiger partial charge in [-0.25, -0.2) is 9.78 Å². The van der Waals surface area contributed by atoms with E-state index >= 15 is 0 Å². The van der Waals surface area contributed by atoms with Gasteiger partial charge in [-0.15, -0.1) is 0 Å². The average molecular weight is 488 g/mol. The third-order valence-electron chi connectivity index (χ3n) is 9.07. The first kappa shape index (κ1) is 25.5. The van der Waals surface area contributed by atoms with Crippen LogP contribution in [0.1, 0.15) is 76.7 Å². The minimum Gasteiger partial charge on any atom is -0.492 e. The largest absolute Gasteiger partial charge is 0.492 e. The molecule has 6 heteroatoms. The standard InChI is InChI=1S/C29H45NO5/c1-21-15-23-17-22(2)29(31,26(16-21)18-23)35-34-28-8-4-6-25(20-28)24-5-3-7-27(19-24)33-14-11-30-9-12-32-13-10-30/h3,5,7,19,21-23,25-26,28,31H,4,6,8-18,20H2,1-2H3/t21?,22?,23?,25?,26?,28-,29?/m1/s1. The molecule has 3 saturated carbocycles. The van der Waals surface area contributed by atoms with Gasteiger partial charge in [-0.05, 0) is 80.4 Å². The molecule has 4 fully saturated rings. The van der Waals surface area contributed by atoms with Gasteiger partial charge in [-0.1, -0.05) is 32.4 Å². The van der Waals surface area contributed by atoms with E-state index in [9.17, 15) is 5.11 Å². The highest BCUT2D eigenvalue weighted by Crippen LogP contribution is 2.51. The molecule has 196 valence electrons. The summed E-state index contributed by atoms with van der Waals surface area (Å²) in [6.07, 6.45) is 8.62. The number of hydrogen-bond donors (Lipinski definition) is 1. The smallest absolute Gasteiger partial charge is 0.204 e. The van der Waals surface area contributed by atoms with Gasteiger partial charge < -0.3 is 14.6 Å². The van der Waals surface area contributed by atoms with Crippen molar-refractivity contribution >= 4 is 0 Å². The molecule has 0 amide bonds. The minimum atomic E-state index is -1.15. The Morgan fingerprint density at radius 1 is 1.06 bits per heavy atom. The Bertz CT molecular complexity index is 810. The maximum atomic E-state index is 11.5. The van der Waals surface area contributed by atoms with Crippen LogP contribution in [0.15, 0.2) is 24.3 Å². The molecule has 35 heavy (non-hydrogen) atoms. The van der Waals surface area contributed by atoms with E-state index < -0.39 is 5.79 Å². The summed E-state index contributed by atoms with van der Waals surface area (Å²) in [5.41, 5.74) is 1.32. The van der Waals surface area contributed by atoms with E-state index in [0.717, 1.165) is 89.5 Å². The molecule has 5 rings (SSSR count). The normalized spacial score (nSPS) is 38.3. The van der Waals surface area contributed by atoms with Crippen molar-refractivity contribution in [2.45, 2.75) is 83.0 Å². The molecular weight excluding hydrogens is 442 g/mol. The number of rotatable bonds is 8. The maximum Gasteiger partial charge on any atom is 0.204 e. The first-order valence-electron chi connectivity index (χ1n) is 14.1. The van der Waals surface area contributed by atoms with Crippen molar-refractivity contribution in [2.24, 2.45) is 23.7 Å². The lowest BCUT2D eigenvalue weighted by molar-refractivity contribution is -0.472. The van der Waals surface area contributed by atoms with Crippen LogP contribution in [-0.2, 0) is 14.5 Å². The molecular formula is C29H45NO5. The van der Waals surface area contributed by atoms with Crippen molar-refractivity contribution in [3.8, 4) is 5.75 Å². The fourth-order valence-corrected chi connectivity index (χ4v) is 7.15. The van der Waals surface area contributed by atoms with Gasteiger partial charge in [-0.2, -0.15) is 0 Å². The van der Waals surface area contributed by atoms with Crippen molar-refractivity contribution in [1.29, 1.82) is 0 Å². The Kier molecular flexibility index (Phi) is 8.35. The summed E-state index contributed by atoms with van der Waals surface area (Å²) in [5.74, 6) is 1.91. The molecule has 1 aromatic carbocycles. The molecule has 1 saturated heterocycles. The van der Waals surface area contributed by atoms with Gasteiger partial charge in [0.15, 0.2) is 0 Å². The molecule has 1 heterocycles. The zero-order valence-electron chi connectivity index (χ0n) is 21.7. The first-order valence-corrected chi connectivity index (χ1v) is 14.1. The fraction of sp³-hybridized carbons (Fsp3) is 0.793. The second-order valence-electron chi connectivity index (χ2n) is 11.8. The van der Waals surface area contributed by atoms with Gasteiger partial charge in [0, 0.05) is 31.5 Å². The summed E-state index contributed by atoms with van der Waals surface area (Å²) < 4.78 is 11.5. The number of benzene rings is 1. The van der Waals surface area contributed by atoms with E-state index in [4.69, 9.17) is 19.2 Å². The van der Waals surface area contributed by atoms with E-state index in [1.54, 1.807) is 0 Å². The van der Waals surface area contributed by atoms with Crippen LogP contribution in [0, 0.1) is 23.7 Å². The van der Waals surface area contributed by atoms with Gasteiger partial charge in [0.1, 0.15) is 12.4 Å². The van der Waals surface area contributed by atoms with Crippen molar-refractivity contribution in [1.82, 2.24) is 4.90 Å². The van der Waals surface area contributed by atoms with Crippen molar-refractivity contribution in [3.63, 3.8) is 0 Å². The third kappa shape index (κ3) is 6.22. The summed E-state index contributed by atoms with van der Waals surface area (Å²) >= 11 is 0. The van der Waals surface area contributed by atoms with E-state index in [1.807, 2.05) is 0 Å². The van der Waals surface area contributed by atoms with E-state index in [2.05, 4.69) is 43.0 Å². The zero-order valence-corrected chi connectivity index (χ0v) is 21.7. The number of ether oxygens (including phenoxy) is 2. The van der Waals surface area contributed by atoms with Crippen molar-refractivity contribution in [3.05, 3.63) is 29.8 Å². The predicted molar refractivity (Wildman–Crippen MR) is 135 cm³/mol. The molecule has 1 N–H and O–H groups in total. The number of morpholine rings is 1. The Hall–Kier alpha value is -1.18. The lowest BCUT2D eigenvalue weighted by Gasteiger charge is -2.50. The molecule has 3 aliphatic carbocycles. The van der Waals surface area contributed by atoms with Crippen LogP contribution < -0.4 is 4.74 Å². The number of fused-ring (bicyclic) bond motifs is 2. The van der Waals surface area contributed by atoms with Crippen LogP contribution in [-0.4, -0.2) is 61.4 Å². The lowest BCUT2D eigenvalue weighted by Crippen LogP contribution is -2.54. The SMILES string of the molecule is CC1CC2CC(C)C(O)(OO[C@@H]3CCCC(c4cccc(OCCN5CCOCC5)c4)C3)C(C1)C2. The molecule has 6 nitrogen and oxygen atoms in total. The van der Waals surface area contributed by atoms with Crippen LogP contribution in [0.3, 0.4) is 0 Å². The summed E-state index contributed by atoms with van der Waals surface area (Å²) in [7, 11) is 0. The van der Waals surface area contributed by atoms with Gasteiger partial charge in [-0.3, -0.25) is 4.90 Å². The Morgan fingerprint density at radius 3 is 2.77 bits per heavy atom. The summed E-state index contributed by atoms with van der Waals surface area (Å²) in [6, 6.07) is 8.57. The minimum absolute atomic E-state index is 0.0228. The molecule has 0 aromatic heterocycles. The Morgan fingerprint density at radius 2 is 1.91 bits per heavy atom. The Labute approximate surface area is 211 Å². The second kappa shape index (κ2) is 11.5. The summed E-state index contributed by atoms with van der Waals surface area (Å²) in [6.45, 7) is 9.69. The quantitative estimate of drug-likeness (QED) is 0.311. The zero-order chi connectivity index (χ0) is 24.3. The number of aliphatic hydroxyl groups is 1. The second-order valence-corrected chi connectivity index (χ2v) is 11.8. The fourth-order valence-electron chi connectivity index (χ4n) is 7.15. The van der Waals surface area contributed by atoms with Crippen LogP contribution in [0.5, 0.6) is 5.75 Å². The highest BCUT2D eigenvalue weighted by atomic mass is 17.2. The number of hydrogen-bond acceptors (Lipinski definition) is 6. The molecule has 0 radical (unpaired) electrons. The van der Waals surface area contributed by atoms with Crippen LogP contribution in [0.2, 0.25) is 0 Å². The van der Waals surface area contributed by atoms with E-state index in [0.29, 0.717) is 18.4 Å². The van der Waals surface area contributed by atoms with Crippen molar-refractivity contribution in [2.75, 3.05) is 39.5 Å². The monoisotopic (exact) mass is 487 g/mol. The summed E-state index contributed by atoms with van der Waals surface area (Å²) in [5, 5.41) is 11.5. The van der Waals surface area contributed by atoms with Crippen LogP contribution in [0.4, 0.5) is 0 Å². The first-order chi connectivity index (χ1) is 17.0. The van der Waals surface area contributed by atoms with Crippen LogP contribution in [0.25, 0.3) is 0 Å². The molecule has 2 bridgehead atoms. The highest BCUT2D eigenvalue weighted by molar-refractivity contribution is 5.31. The molecule has 6 unspecified atom stereocenters. The van der Waals surface area contributed by atoms with Gasteiger partial charge in [0.25, 0.3) is 0 Å². The van der Waals surface area contributed by atoms with E-state index in [-0.39, 0.29) is 17.9 Å². The molecule has 7 atom stereocenters. The average Bonchev–Trinajstić information content (AvgIpc) is 2.87. The van der Waals surface area contributed by atoms with Gasteiger partial charge in [0.05, 0.1) is 19.3 Å². The van der Waals surface area contributed by atoms with E-state index in [1.165, 1.54) is 12.0 Å². The molecule has 1 aromatic rings. The summed E-state index contributed by atoms with van der Waals surface area (Å²) in [4.78, 5) is 14.4. The highest BCUT2D eigenvalue weighted by Gasteiger charge is 2.52. The topological polar surface area (TPSA) is 60.4 Å².